The van der Waals surface area contributed by atoms with Gasteiger partial charge in [0.15, 0.2) is 16.7 Å². The second-order valence-electron chi connectivity index (χ2n) is 8.67. The molecule has 7 heteroatoms. The van der Waals surface area contributed by atoms with E-state index < -0.39 is 0 Å². The van der Waals surface area contributed by atoms with Crippen LogP contribution in [-0.2, 0) is 4.79 Å². The Bertz CT molecular complexity index is 1230. The molecule has 2 heterocycles. The van der Waals surface area contributed by atoms with E-state index in [9.17, 15) is 4.79 Å². The molecule has 0 saturated carbocycles. The van der Waals surface area contributed by atoms with Crippen LogP contribution in [0.2, 0.25) is 0 Å². The van der Waals surface area contributed by atoms with Gasteiger partial charge >= 0.3 is 0 Å². The summed E-state index contributed by atoms with van der Waals surface area (Å²) in [5.74, 6) is 1.09. The Morgan fingerprint density at radius 3 is 2.03 bits per heavy atom. The van der Waals surface area contributed by atoms with Gasteiger partial charge < -0.3 is 14.4 Å². The monoisotopic (exact) mass is 499 g/mol. The molecule has 0 N–H and O–H groups in total. The van der Waals surface area contributed by atoms with E-state index in [0.717, 1.165) is 36.9 Å². The van der Waals surface area contributed by atoms with E-state index in [1.165, 1.54) is 22.9 Å². The van der Waals surface area contributed by atoms with Crippen LogP contribution in [0.15, 0.2) is 88.8 Å². The maximum atomic E-state index is 12.7. The minimum atomic E-state index is -0.196. The Hall–Kier alpha value is -3.55. The van der Waals surface area contributed by atoms with Crippen LogP contribution in [0.25, 0.3) is 6.08 Å². The molecule has 3 aromatic carbocycles. The Balaban J connectivity index is 1.27. The number of nitrogens with zero attached hydrogens (tertiary/aromatic N) is 3. The van der Waals surface area contributed by atoms with Gasteiger partial charge in [0.25, 0.3) is 5.91 Å². The van der Waals surface area contributed by atoms with Gasteiger partial charge in [0.2, 0.25) is 0 Å². The zero-order chi connectivity index (χ0) is 24.9. The van der Waals surface area contributed by atoms with Crippen LogP contribution in [0.1, 0.15) is 22.7 Å². The largest absolute Gasteiger partial charge is 0.493 e. The number of amidine groups is 1. The van der Waals surface area contributed by atoms with Crippen molar-refractivity contribution in [2.45, 2.75) is 6.04 Å². The van der Waals surface area contributed by atoms with E-state index in [4.69, 9.17) is 9.47 Å². The molecule has 184 valence electrons. The van der Waals surface area contributed by atoms with Crippen molar-refractivity contribution in [2.75, 3.05) is 40.4 Å². The second-order valence-corrected chi connectivity index (χ2v) is 9.68. The summed E-state index contributed by atoms with van der Waals surface area (Å²) in [6.07, 6.45) is 1.86. The van der Waals surface area contributed by atoms with E-state index in [0.29, 0.717) is 16.4 Å². The van der Waals surface area contributed by atoms with Crippen LogP contribution in [-0.4, -0.2) is 61.3 Å². The topological polar surface area (TPSA) is 54.4 Å². The molecule has 0 bridgehead atoms. The van der Waals surface area contributed by atoms with Gasteiger partial charge in [0.1, 0.15) is 0 Å². The minimum absolute atomic E-state index is 0.196. The smallest absolute Gasteiger partial charge is 0.286 e. The highest BCUT2D eigenvalue weighted by Gasteiger charge is 2.31. The molecule has 5 rings (SSSR count). The van der Waals surface area contributed by atoms with Crippen molar-refractivity contribution in [3.63, 3.8) is 0 Å². The standard InChI is InChI=1S/C29H29N3O3S/c1-34-24-14-13-21(19-25(24)35-2)20-26-28(33)30-29(36-26)32-17-15-31(16-18-32)27(22-9-5-3-6-10-22)23-11-7-4-8-12-23/h3-14,19-20,27H,15-18H2,1-2H3. The first-order chi connectivity index (χ1) is 17.7. The number of carbonyl (C=O) groups excluding carboxylic acids is 1. The molecule has 1 fully saturated rings. The number of carbonyl (C=O) groups is 1. The zero-order valence-corrected chi connectivity index (χ0v) is 21.3. The summed E-state index contributed by atoms with van der Waals surface area (Å²) in [4.78, 5) is 22.4. The fourth-order valence-corrected chi connectivity index (χ4v) is 5.65. The van der Waals surface area contributed by atoms with Gasteiger partial charge in [-0.1, -0.05) is 66.7 Å². The van der Waals surface area contributed by atoms with Gasteiger partial charge in [-0.3, -0.25) is 9.69 Å². The molecule has 36 heavy (non-hydrogen) atoms. The van der Waals surface area contributed by atoms with Crippen molar-refractivity contribution in [3.8, 4) is 11.5 Å². The summed E-state index contributed by atoms with van der Waals surface area (Å²) >= 11 is 1.44. The molecule has 0 aromatic heterocycles. The van der Waals surface area contributed by atoms with Crippen molar-refractivity contribution in [3.05, 3.63) is 100 Å². The van der Waals surface area contributed by atoms with Gasteiger partial charge in [0, 0.05) is 26.2 Å². The number of hydrogen-bond acceptors (Lipinski definition) is 6. The molecule has 3 aromatic rings. The molecular formula is C29H29N3O3S. The maximum absolute atomic E-state index is 12.7. The lowest BCUT2D eigenvalue weighted by molar-refractivity contribution is -0.113. The van der Waals surface area contributed by atoms with Gasteiger partial charge in [-0.05, 0) is 46.7 Å². The van der Waals surface area contributed by atoms with E-state index in [-0.39, 0.29) is 11.9 Å². The molecule has 2 aliphatic rings. The van der Waals surface area contributed by atoms with Crippen molar-refractivity contribution < 1.29 is 14.3 Å². The highest BCUT2D eigenvalue weighted by Crippen LogP contribution is 2.35. The number of benzene rings is 3. The average Bonchev–Trinajstić information content (AvgIpc) is 3.30. The third kappa shape index (κ3) is 5.17. The number of thioether (sulfide) groups is 1. The fourth-order valence-electron chi connectivity index (χ4n) is 4.68. The summed E-state index contributed by atoms with van der Waals surface area (Å²) in [5.41, 5.74) is 3.46. The van der Waals surface area contributed by atoms with E-state index in [1.54, 1.807) is 14.2 Å². The Kier molecular flexibility index (Phi) is 7.39. The molecule has 0 radical (unpaired) electrons. The summed E-state index contributed by atoms with van der Waals surface area (Å²) < 4.78 is 10.7. The lowest BCUT2D eigenvalue weighted by Crippen LogP contribution is -2.49. The quantitative estimate of drug-likeness (QED) is 0.441. The first kappa shape index (κ1) is 24.2. The summed E-state index contributed by atoms with van der Waals surface area (Å²) in [5, 5.41) is 0.780. The van der Waals surface area contributed by atoms with Gasteiger partial charge in [-0.2, -0.15) is 4.99 Å². The molecule has 0 spiro atoms. The highest BCUT2D eigenvalue weighted by molar-refractivity contribution is 8.18. The SMILES string of the molecule is COc1ccc(C=C2SC(N3CCN(C(c4ccccc4)c4ccccc4)CC3)=NC2=O)cc1OC. The van der Waals surface area contributed by atoms with Crippen LogP contribution in [0, 0.1) is 0 Å². The maximum Gasteiger partial charge on any atom is 0.286 e. The van der Waals surface area contributed by atoms with Crippen molar-refractivity contribution in [1.29, 1.82) is 0 Å². The molecule has 0 aliphatic carbocycles. The lowest BCUT2D eigenvalue weighted by Gasteiger charge is -2.40. The number of piperazine rings is 1. The van der Waals surface area contributed by atoms with Gasteiger partial charge in [0.05, 0.1) is 25.2 Å². The van der Waals surface area contributed by atoms with Gasteiger partial charge in [-0.25, -0.2) is 0 Å². The van der Waals surface area contributed by atoms with Crippen LogP contribution in [0.3, 0.4) is 0 Å². The van der Waals surface area contributed by atoms with Crippen molar-refractivity contribution >= 4 is 28.9 Å². The normalized spacial score (nSPS) is 17.5. The average molecular weight is 500 g/mol. The Morgan fingerprint density at radius 2 is 1.44 bits per heavy atom. The molecule has 6 nitrogen and oxygen atoms in total. The first-order valence-electron chi connectivity index (χ1n) is 12.0. The Labute approximate surface area is 216 Å². The van der Waals surface area contributed by atoms with E-state index in [1.807, 2.05) is 24.3 Å². The summed E-state index contributed by atoms with van der Waals surface area (Å²) in [7, 11) is 3.21. The second kappa shape index (κ2) is 11.0. The molecular weight excluding hydrogens is 470 g/mol. The zero-order valence-electron chi connectivity index (χ0n) is 20.5. The fraction of sp³-hybridized carbons (Fsp3) is 0.241. The van der Waals surface area contributed by atoms with Crippen LogP contribution in [0.5, 0.6) is 11.5 Å². The van der Waals surface area contributed by atoms with E-state index in [2.05, 4.69) is 75.5 Å². The molecule has 2 aliphatic heterocycles. The van der Waals surface area contributed by atoms with Gasteiger partial charge in [-0.15, -0.1) is 0 Å². The number of rotatable bonds is 6. The summed E-state index contributed by atoms with van der Waals surface area (Å²) in [6.45, 7) is 3.41. The lowest BCUT2D eigenvalue weighted by atomic mass is 9.96. The third-order valence-electron chi connectivity index (χ3n) is 6.50. The highest BCUT2D eigenvalue weighted by atomic mass is 32.2. The molecule has 0 atom stereocenters. The van der Waals surface area contributed by atoms with Crippen LogP contribution in [0.4, 0.5) is 0 Å². The third-order valence-corrected chi connectivity index (χ3v) is 7.54. The number of amides is 1. The number of methoxy groups -OCH3 is 2. The number of ether oxygens (including phenoxy) is 2. The minimum Gasteiger partial charge on any atom is -0.493 e. The van der Waals surface area contributed by atoms with E-state index >= 15 is 0 Å². The molecule has 1 amide bonds. The molecule has 1 saturated heterocycles. The number of aliphatic imine (C=N–C) groups is 1. The van der Waals surface area contributed by atoms with Crippen LogP contribution >= 0.6 is 11.8 Å². The Morgan fingerprint density at radius 1 is 0.833 bits per heavy atom. The summed E-state index contributed by atoms with van der Waals surface area (Å²) in [6, 6.07) is 27.1. The first-order valence-corrected chi connectivity index (χ1v) is 12.8. The van der Waals surface area contributed by atoms with Crippen LogP contribution < -0.4 is 9.47 Å². The van der Waals surface area contributed by atoms with Crippen molar-refractivity contribution in [1.82, 2.24) is 9.80 Å². The number of hydrogen-bond donors (Lipinski definition) is 0. The van der Waals surface area contributed by atoms with Crippen molar-refractivity contribution in [2.24, 2.45) is 4.99 Å². The molecule has 0 unspecified atom stereocenters. The predicted octanol–water partition coefficient (Wildman–Crippen LogP) is 5.08. The predicted molar refractivity (Wildman–Crippen MR) is 145 cm³/mol.